The molecule has 2 aromatic carbocycles. The number of hydrogen-bond donors (Lipinski definition) is 1. The molecule has 0 radical (unpaired) electrons. The second-order valence-corrected chi connectivity index (χ2v) is 6.59. The molecule has 0 aliphatic rings. The van der Waals surface area contributed by atoms with Crippen LogP contribution in [0.4, 0.5) is 4.39 Å². The highest BCUT2D eigenvalue weighted by Crippen LogP contribution is 2.20. The Labute approximate surface area is 145 Å². The molecule has 2 nitrogen and oxygen atoms in total. The largest absolute Gasteiger partial charge is 0.349 e. The van der Waals surface area contributed by atoms with E-state index in [9.17, 15) is 9.18 Å². The van der Waals surface area contributed by atoms with Crippen molar-refractivity contribution in [2.24, 2.45) is 0 Å². The number of thioether (sulfide) groups is 1. The highest BCUT2D eigenvalue weighted by Gasteiger charge is 2.12. The minimum absolute atomic E-state index is 0.0107. The summed E-state index contributed by atoms with van der Waals surface area (Å²) in [7, 11) is 0. The predicted octanol–water partition coefficient (Wildman–Crippen LogP) is 4.98. The molecule has 122 valence electrons. The zero-order chi connectivity index (χ0) is 16.7. The fraction of sp³-hybridized carbons (Fsp3) is 0.278. The van der Waals surface area contributed by atoms with E-state index < -0.39 is 0 Å². The smallest absolute Gasteiger partial charge is 0.230 e. The van der Waals surface area contributed by atoms with Gasteiger partial charge in [-0.15, -0.1) is 11.8 Å². The number of hydrogen-bond acceptors (Lipinski definition) is 2. The first-order valence-electron chi connectivity index (χ1n) is 7.46. The number of carbonyl (C=O) groups is 1. The van der Waals surface area contributed by atoms with Crippen LogP contribution in [0, 0.1) is 5.82 Å². The molecule has 2 rings (SSSR count). The molecule has 1 amide bonds. The van der Waals surface area contributed by atoms with Gasteiger partial charge in [-0.25, -0.2) is 4.39 Å². The average molecular weight is 352 g/mol. The van der Waals surface area contributed by atoms with E-state index in [2.05, 4.69) is 5.32 Å². The number of rotatable bonds is 7. The first-order chi connectivity index (χ1) is 11.1. The van der Waals surface area contributed by atoms with Crippen LogP contribution in [0.5, 0.6) is 0 Å². The third kappa shape index (κ3) is 5.56. The summed E-state index contributed by atoms with van der Waals surface area (Å²) in [5.74, 6) is 0.366. The van der Waals surface area contributed by atoms with Crippen LogP contribution in [0.25, 0.3) is 0 Å². The van der Waals surface area contributed by atoms with Crippen molar-refractivity contribution in [2.75, 3.05) is 5.75 Å². The van der Waals surface area contributed by atoms with Crippen molar-refractivity contribution < 1.29 is 9.18 Å². The summed E-state index contributed by atoms with van der Waals surface area (Å²) in [5.41, 5.74) is 1.65. The minimum atomic E-state index is -0.332. The number of benzene rings is 2. The molecule has 0 unspecified atom stereocenters. The van der Waals surface area contributed by atoms with E-state index in [1.165, 1.54) is 17.8 Å². The van der Waals surface area contributed by atoms with E-state index in [-0.39, 0.29) is 17.8 Å². The van der Waals surface area contributed by atoms with Gasteiger partial charge in [0, 0.05) is 10.8 Å². The number of amides is 1. The summed E-state index contributed by atoms with van der Waals surface area (Å²) >= 11 is 7.11. The van der Waals surface area contributed by atoms with Gasteiger partial charge in [-0.3, -0.25) is 4.79 Å². The monoisotopic (exact) mass is 351 g/mol. The molecule has 2 aromatic rings. The lowest BCUT2D eigenvalue weighted by Gasteiger charge is -2.17. The fourth-order valence-corrected chi connectivity index (χ4v) is 3.22. The van der Waals surface area contributed by atoms with Crippen molar-refractivity contribution in [1.29, 1.82) is 0 Å². The van der Waals surface area contributed by atoms with Gasteiger partial charge in [0.05, 0.1) is 11.8 Å². The Morgan fingerprint density at radius 2 is 2.00 bits per heavy atom. The van der Waals surface area contributed by atoms with Gasteiger partial charge < -0.3 is 5.32 Å². The lowest BCUT2D eigenvalue weighted by atomic mass is 10.0. The zero-order valence-corrected chi connectivity index (χ0v) is 14.5. The molecule has 0 aliphatic carbocycles. The maximum Gasteiger partial charge on any atom is 0.230 e. The fourth-order valence-electron chi connectivity index (χ4n) is 2.23. The number of carbonyl (C=O) groups excluding carboxylic acids is 1. The van der Waals surface area contributed by atoms with Crippen molar-refractivity contribution in [3.8, 4) is 0 Å². The summed E-state index contributed by atoms with van der Waals surface area (Å²) < 4.78 is 13.7. The van der Waals surface area contributed by atoms with Crippen LogP contribution in [0.15, 0.2) is 48.5 Å². The Morgan fingerprint density at radius 3 is 2.65 bits per heavy atom. The summed E-state index contributed by atoms with van der Waals surface area (Å²) in [6.07, 6.45) is 0.826. The molecule has 0 saturated carbocycles. The Kier molecular flexibility index (Phi) is 6.93. The lowest BCUT2D eigenvalue weighted by molar-refractivity contribution is -0.119. The second-order valence-electron chi connectivity index (χ2n) is 5.17. The molecule has 0 bridgehead atoms. The van der Waals surface area contributed by atoms with Crippen molar-refractivity contribution in [3.63, 3.8) is 0 Å². The lowest BCUT2D eigenvalue weighted by Crippen LogP contribution is -2.29. The molecule has 1 atom stereocenters. The normalized spacial score (nSPS) is 12.0. The Hall–Kier alpha value is -1.52. The highest BCUT2D eigenvalue weighted by atomic mass is 35.5. The Morgan fingerprint density at radius 1 is 1.26 bits per heavy atom. The van der Waals surface area contributed by atoms with Gasteiger partial charge in [0.25, 0.3) is 0 Å². The van der Waals surface area contributed by atoms with E-state index in [4.69, 9.17) is 11.6 Å². The third-order valence-electron chi connectivity index (χ3n) is 3.45. The van der Waals surface area contributed by atoms with Crippen LogP contribution < -0.4 is 5.32 Å². The standard InChI is InChI=1S/C18H19ClFNOS/c1-2-17(13-6-4-3-5-7-13)21-18(22)12-23-11-14-8-9-15(19)10-16(14)20/h3-10,17H,2,11-12H2,1H3,(H,21,22)/t17-/m0/s1. The summed E-state index contributed by atoms with van der Waals surface area (Å²) in [5, 5.41) is 3.40. The molecular formula is C18H19ClFNOS. The van der Waals surface area contributed by atoms with Crippen LogP contribution in [-0.4, -0.2) is 11.7 Å². The van der Waals surface area contributed by atoms with E-state index in [0.29, 0.717) is 22.1 Å². The topological polar surface area (TPSA) is 29.1 Å². The maximum absolute atomic E-state index is 13.7. The zero-order valence-electron chi connectivity index (χ0n) is 12.9. The van der Waals surface area contributed by atoms with Gasteiger partial charge in [0.2, 0.25) is 5.91 Å². The van der Waals surface area contributed by atoms with Gasteiger partial charge in [0.15, 0.2) is 0 Å². The molecule has 0 spiro atoms. The highest BCUT2D eigenvalue weighted by molar-refractivity contribution is 7.99. The summed E-state index contributed by atoms with van der Waals surface area (Å²) in [6.45, 7) is 2.04. The van der Waals surface area contributed by atoms with Crippen molar-refractivity contribution in [1.82, 2.24) is 5.32 Å². The van der Waals surface area contributed by atoms with E-state index in [1.54, 1.807) is 12.1 Å². The van der Waals surface area contributed by atoms with Crippen LogP contribution in [-0.2, 0) is 10.5 Å². The van der Waals surface area contributed by atoms with Gasteiger partial charge in [0.1, 0.15) is 5.82 Å². The van der Waals surface area contributed by atoms with Crippen LogP contribution in [0.3, 0.4) is 0 Å². The first kappa shape index (κ1) is 17.8. The van der Waals surface area contributed by atoms with Gasteiger partial charge in [-0.2, -0.15) is 0 Å². The number of halogens is 2. The van der Waals surface area contributed by atoms with Gasteiger partial charge in [-0.05, 0) is 29.7 Å². The first-order valence-corrected chi connectivity index (χ1v) is 8.99. The van der Waals surface area contributed by atoms with Crippen molar-refractivity contribution in [2.45, 2.75) is 25.1 Å². The molecule has 0 fully saturated rings. The number of nitrogens with one attached hydrogen (secondary N) is 1. The quantitative estimate of drug-likeness (QED) is 0.762. The van der Waals surface area contributed by atoms with Crippen LogP contribution in [0.2, 0.25) is 5.02 Å². The molecular weight excluding hydrogens is 333 g/mol. The molecule has 23 heavy (non-hydrogen) atoms. The Bertz CT molecular complexity index is 651. The molecule has 0 saturated heterocycles. The Balaban J connectivity index is 1.82. The summed E-state index contributed by atoms with van der Waals surface area (Å²) in [4.78, 5) is 12.1. The third-order valence-corrected chi connectivity index (χ3v) is 4.67. The van der Waals surface area contributed by atoms with E-state index >= 15 is 0 Å². The van der Waals surface area contributed by atoms with Crippen molar-refractivity contribution in [3.05, 3.63) is 70.5 Å². The van der Waals surface area contributed by atoms with Crippen LogP contribution in [0.1, 0.15) is 30.5 Å². The van der Waals surface area contributed by atoms with Gasteiger partial charge in [-0.1, -0.05) is 54.9 Å². The molecule has 0 heterocycles. The summed E-state index contributed by atoms with van der Waals surface area (Å²) in [6, 6.07) is 14.5. The van der Waals surface area contributed by atoms with Crippen LogP contribution >= 0.6 is 23.4 Å². The second kappa shape index (κ2) is 8.94. The van der Waals surface area contributed by atoms with E-state index in [0.717, 1.165) is 12.0 Å². The molecule has 0 aromatic heterocycles. The van der Waals surface area contributed by atoms with Gasteiger partial charge >= 0.3 is 0 Å². The van der Waals surface area contributed by atoms with E-state index in [1.807, 2.05) is 37.3 Å². The maximum atomic E-state index is 13.7. The molecule has 1 N–H and O–H groups in total. The SMILES string of the molecule is CC[C@H](NC(=O)CSCc1ccc(Cl)cc1F)c1ccccc1. The van der Waals surface area contributed by atoms with Crippen molar-refractivity contribution >= 4 is 29.3 Å². The molecule has 0 aliphatic heterocycles. The predicted molar refractivity (Wildman–Crippen MR) is 95.2 cm³/mol. The molecule has 5 heteroatoms. The minimum Gasteiger partial charge on any atom is -0.349 e. The average Bonchev–Trinajstić information content (AvgIpc) is 2.55.